The third-order valence-electron chi connectivity index (χ3n) is 3.08. The smallest absolute Gasteiger partial charge is 0.188 e. The maximum absolute atomic E-state index is 5.83. The first-order chi connectivity index (χ1) is 10.1. The molecule has 0 fully saturated rings. The molecule has 0 atom stereocenters. The molecule has 1 heterocycles. The summed E-state index contributed by atoms with van der Waals surface area (Å²) in [5.41, 5.74) is 7.91. The molecule has 0 amide bonds. The van der Waals surface area contributed by atoms with Gasteiger partial charge in [-0.2, -0.15) is 5.10 Å². The molecule has 2 rings (SSSR count). The van der Waals surface area contributed by atoms with Crippen LogP contribution in [0.15, 0.2) is 41.9 Å². The molecule has 0 aliphatic heterocycles. The fourth-order valence-electron chi connectivity index (χ4n) is 1.82. The van der Waals surface area contributed by atoms with Gasteiger partial charge in [-0.25, -0.2) is 14.7 Å². The van der Waals surface area contributed by atoms with Crippen molar-refractivity contribution in [1.82, 2.24) is 20.1 Å². The monoisotopic (exact) mass is 286 g/mol. The van der Waals surface area contributed by atoms with Crippen LogP contribution >= 0.6 is 0 Å². The normalized spacial score (nSPS) is 11.9. The number of hydrogen-bond donors (Lipinski definition) is 2. The second kappa shape index (κ2) is 7.42. The first kappa shape index (κ1) is 15.0. The van der Waals surface area contributed by atoms with Crippen molar-refractivity contribution in [2.75, 3.05) is 6.54 Å². The minimum atomic E-state index is 0.496. The van der Waals surface area contributed by atoms with E-state index in [-0.39, 0.29) is 0 Å². The van der Waals surface area contributed by atoms with Gasteiger partial charge in [0.1, 0.15) is 12.7 Å². The quantitative estimate of drug-likeness (QED) is 0.626. The number of aromatic nitrogens is 3. The summed E-state index contributed by atoms with van der Waals surface area (Å²) in [6, 6.07) is 8.01. The van der Waals surface area contributed by atoms with Crippen molar-refractivity contribution in [1.29, 1.82) is 0 Å². The van der Waals surface area contributed by atoms with E-state index in [9.17, 15) is 0 Å². The highest BCUT2D eigenvalue weighted by atomic mass is 15.3. The molecule has 3 N–H and O–H groups in total. The van der Waals surface area contributed by atoms with Crippen molar-refractivity contribution >= 4 is 5.96 Å². The molecule has 0 saturated carbocycles. The molecular weight excluding hydrogens is 264 g/mol. The van der Waals surface area contributed by atoms with E-state index in [0.717, 1.165) is 24.2 Å². The highest BCUT2D eigenvalue weighted by molar-refractivity contribution is 5.77. The van der Waals surface area contributed by atoms with Gasteiger partial charge in [-0.3, -0.25) is 0 Å². The Labute approximate surface area is 125 Å². The Bertz CT molecular complexity index is 556. The standard InChI is InChI=1S/C15H22N6/c1-12(2)7-8-18-15(16)19-9-13-3-5-14(6-4-13)21-11-17-10-20-21/h3-6,10-12H,7-9H2,1-2H3,(H3,16,18,19). The molecule has 112 valence electrons. The van der Waals surface area contributed by atoms with Crippen LogP contribution < -0.4 is 11.1 Å². The Kier molecular flexibility index (Phi) is 5.31. The Morgan fingerprint density at radius 3 is 2.71 bits per heavy atom. The first-order valence-corrected chi connectivity index (χ1v) is 7.13. The van der Waals surface area contributed by atoms with Crippen LogP contribution in [0.2, 0.25) is 0 Å². The molecule has 0 spiro atoms. The molecule has 1 aromatic heterocycles. The fourth-order valence-corrected chi connectivity index (χ4v) is 1.82. The minimum Gasteiger partial charge on any atom is -0.370 e. The van der Waals surface area contributed by atoms with Crippen LogP contribution in [0.5, 0.6) is 0 Å². The van der Waals surface area contributed by atoms with Gasteiger partial charge >= 0.3 is 0 Å². The van der Waals surface area contributed by atoms with E-state index < -0.39 is 0 Å². The average Bonchev–Trinajstić information content (AvgIpc) is 2.99. The van der Waals surface area contributed by atoms with E-state index in [0.29, 0.717) is 18.4 Å². The van der Waals surface area contributed by atoms with Gasteiger partial charge < -0.3 is 11.1 Å². The van der Waals surface area contributed by atoms with Crippen LogP contribution in [-0.2, 0) is 6.54 Å². The number of benzene rings is 1. The second-order valence-corrected chi connectivity index (χ2v) is 5.32. The lowest BCUT2D eigenvalue weighted by Crippen LogP contribution is -2.32. The first-order valence-electron chi connectivity index (χ1n) is 7.13. The number of hydrogen-bond acceptors (Lipinski definition) is 3. The van der Waals surface area contributed by atoms with Gasteiger partial charge in [-0.15, -0.1) is 0 Å². The van der Waals surface area contributed by atoms with E-state index in [1.165, 1.54) is 6.33 Å². The number of rotatable bonds is 6. The summed E-state index contributed by atoms with van der Waals surface area (Å²) < 4.78 is 1.72. The molecule has 6 nitrogen and oxygen atoms in total. The number of nitrogens with zero attached hydrogens (tertiary/aromatic N) is 4. The van der Waals surface area contributed by atoms with Crippen LogP contribution in [0.25, 0.3) is 5.69 Å². The topological polar surface area (TPSA) is 81.1 Å². The van der Waals surface area contributed by atoms with Crippen LogP contribution in [0.4, 0.5) is 0 Å². The van der Waals surface area contributed by atoms with Gasteiger partial charge in [-0.1, -0.05) is 26.0 Å². The second-order valence-electron chi connectivity index (χ2n) is 5.32. The predicted octanol–water partition coefficient (Wildman–Crippen LogP) is 1.72. The Balaban J connectivity index is 1.85. The van der Waals surface area contributed by atoms with E-state index in [4.69, 9.17) is 5.73 Å². The van der Waals surface area contributed by atoms with Crippen molar-refractivity contribution in [3.8, 4) is 5.69 Å². The van der Waals surface area contributed by atoms with Gasteiger partial charge in [0.25, 0.3) is 0 Å². The molecule has 6 heteroatoms. The maximum Gasteiger partial charge on any atom is 0.188 e. The number of nitrogens with one attached hydrogen (secondary N) is 1. The van der Waals surface area contributed by atoms with Crippen molar-refractivity contribution < 1.29 is 0 Å². The average molecular weight is 286 g/mol. The Morgan fingerprint density at radius 1 is 1.33 bits per heavy atom. The number of aliphatic imine (C=N–C) groups is 1. The highest BCUT2D eigenvalue weighted by Crippen LogP contribution is 2.08. The van der Waals surface area contributed by atoms with Gasteiger partial charge in [0, 0.05) is 6.54 Å². The minimum absolute atomic E-state index is 0.496. The van der Waals surface area contributed by atoms with E-state index in [1.54, 1.807) is 11.0 Å². The molecule has 0 aliphatic carbocycles. The van der Waals surface area contributed by atoms with Crippen molar-refractivity contribution in [2.24, 2.45) is 16.6 Å². The Morgan fingerprint density at radius 2 is 2.10 bits per heavy atom. The van der Waals surface area contributed by atoms with Crippen LogP contribution in [0.1, 0.15) is 25.8 Å². The van der Waals surface area contributed by atoms with Gasteiger partial charge in [-0.05, 0) is 30.0 Å². The molecule has 0 aliphatic rings. The van der Waals surface area contributed by atoms with Crippen LogP contribution in [0, 0.1) is 5.92 Å². The Hall–Kier alpha value is -2.37. The summed E-state index contributed by atoms with van der Waals surface area (Å²) >= 11 is 0. The third-order valence-corrected chi connectivity index (χ3v) is 3.08. The fraction of sp³-hybridized carbons (Fsp3) is 0.400. The molecule has 0 radical (unpaired) electrons. The summed E-state index contributed by atoms with van der Waals surface area (Å²) in [7, 11) is 0. The SMILES string of the molecule is CC(C)CCNC(N)=NCc1ccc(-n2cncn2)cc1. The lowest BCUT2D eigenvalue weighted by atomic mass is 10.1. The molecule has 21 heavy (non-hydrogen) atoms. The lowest BCUT2D eigenvalue weighted by Gasteiger charge is -2.07. The highest BCUT2D eigenvalue weighted by Gasteiger charge is 1.98. The molecule has 2 aromatic rings. The molecule has 0 bridgehead atoms. The maximum atomic E-state index is 5.83. The van der Waals surface area contributed by atoms with Gasteiger partial charge in [0.15, 0.2) is 5.96 Å². The summed E-state index contributed by atoms with van der Waals surface area (Å²) in [5.74, 6) is 1.16. The van der Waals surface area contributed by atoms with Crippen LogP contribution in [0.3, 0.4) is 0 Å². The van der Waals surface area contributed by atoms with E-state index in [2.05, 4.69) is 34.2 Å². The number of guanidine groups is 1. The molecule has 1 aromatic carbocycles. The van der Waals surface area contributed by atoms with Crippen LogP contribution in [-0.4, -0.2) is 27.3 Å². The zero-order chi connectivity index (χ0) is 15.1. The molecule has 0 unspecified atom stereocenters. The van der Waals surface area contributed by atoms with Gasteiger partial charge in [0.2, 0.25) is 0 Å². The van der Waals surface area contributed by atoms with Crippen molar-refractivity contribution in [3.05, 3.63) is 42.5 Å². The van der Waals surface area contributed by atoms with Gasteiger partial charge in [0.05, 0.1) is 12.2 Å². The zero-order valence-corrected chi connectivity index (χ0v) is 12.5. The lowest BCUT2D eigenvalue weighted by molar-refractivity contribution is 0.576. The zero-order valence-electron chi connectivity index (χ0n) is 12.5. The van der Waals surface area contributed by atoms with Crippen molar-refractivity contribution in [2.45, 2.75) is 26.8 Å². The largest absolute Gasteiger partial charge is 0.370 e. The molecule has 0 saturated heterocycles. The van der Waals surface area contributed by atoms with Crippen molar-refractivity contribution in [3.63, 3.8) is 0 Å². The predicted molar refractivity (Wildman–Crippen MR) is 84.1 cm³/mol. The number of nitrogens with two attached hydrogens (primary N) is 1. The summed E-state index contributed by atoms with van der Waals surface area (Å²) in [4.78, 5) is 8.26. The molecular formula is C15H22N6. The summed E-state index contributed by atoms with van der Waals surface area (Å²) in [6.45, 7) is 5.80. The summed E-state index contributed by atoms with van der Waals surface area (Å²) in [5, 5.41) is 7.21. The third kappa shape index (κ3) is 4.91. The van der Waals surface area contributed by atoms with E-state index in [1.807, 2.05) is 24.3 Å². The van der Waals surface area contributed by atoms with E-state index >= 15 is 0 Å². The summed E-state index contributed by atoms with van der Waals surface area (Å²) in [6.07, 6.45) is 4.27.